The Hall–Kier alpha value is -2.22. The number of nitrogens with zero attached hydrogens (tertiary/aromatic N) is 5. The number of piperidine rings is 1. The third kappa shape index (κ3) is 4.00. The van der Waals surface area contributed by atoms with Gasteiger partial charge in [-0.3, -0.25) is 9.69 Å². The Morgan fingerprint density at radius 2 is 2.38 bits per heavy atom. The molecule has 0 aromatic carbocycles. The molecule has 0 aliphatic carbocycles. The zero-order chi connectivity index (χ0) is 16.9. The highest BCUT2D eigenvalue weighted by Gasteiger charge is 2.22. The second-order valence-electron chi connectivity index (χ2n) is 6.59. The van der Waals surface area contributed by atoms with Crippen LogP contribution in [0.15, 0.2) is 23.2 Å². The highest BCUT2D eigenvalue weighted by Crippen LogP contribution is 2.19. The second kappa shape index (κ2) is 7.57. The molecule has 3 heterocycles. The third-order valence-corrected chi connectivity index (χ3v) is 4.42. The molecular formula is C16H24N6O2. The number of carbonyl (C=O) groups excluding carboxylic acids is 1. The number of nitrogens with one attached hydrogen (secondary N) is 1. The van der Waals surface area contributed by atoms with Gasteiger partial charge in [-0.25, -0.2) is 9.61 Å². The Bertz CT molecular complexity index is 651. The minimum Gasteiger partial charge on any atom is -0.350 e. The Kier molecular flexibility index (Phi) is 5.24. The molecule has 2 aromatic heterocycles. The lowest BCUT2D eigenvalue weighted by atomic mass is 9.98. The Morgan fingerprint density at radius 1 is 1.50 bits per heavy atom. The van der Waals surface area contributed by atoms with Crippen molar-refractivity contribution in [1.82, 2.24) is 30.1 Å². The number of imidazole rings is 1. The lowest BCUT2D eigenvalue weighted by Gasteiger charge is -2.32. The van der Waals surface area contributed by atoms with Gasteiger partial charge in [-0.2, -0.15) is 0 Å². The van der Waals surface area contributed by atoms with Crippen LogP contribution in [0.2, 0.25) is 0 Å². The van der Waals surface area contributed by atoms with Crippen molar-refractivity contribution in [3.8, 4) is 0 Å². The number of aromatic nitrogens is 4. The van der Waals surface area contributed by atoms with Gasteiger partial charge in [0, 0.05) is 31.5 Å². The van der Waals surface area contributed by atoms with Crippen LogP contribution in [0.4, 0.5) is 0 Å². The van der Waals surface area contributed by atoms with E-state index < -0.39 is 0 Å². The topological polar surface area (TPSA) is 89.1 Å². The van der Waals surface area contributed by atoms with Crippen LogP contribution in [-0.4, -0.2) is 50.3 Å². The van der Waals surface area contributed by atoms with Crippen molar-refractivity contribution in [2.24, 2.45) is 5.92 Å². The molecule has 8 nitrogen and oxygen atoms in total. The van der Waals surface area contributed by atoms with Crippen LogP contribution in [0.5, 0.6) is 0 Å². The number of hydrogen-bond acceptors (Lipinski definition) is 6. The van der Waals surface area contributed by atoms with Gasteiger partial charge in [0.1, 0.15) is 12.0 Å². The molecule has 1 atom stereocenters. The Balaban J connectivity index is 1.51. The Morgan fingerprint density at radius 3 is 3.12 bits per heavy atom. The summed E-state index contributed by atoms with van der Waals surface area (Å²) in [6, 6.07) is 0.415. The minimum absolute atomic E-state index is 0.224. The van der Waals surface area contributed by atoms with Gasteiger partial charge in [-0.15, -0.1) is 0 Å². The van der Waals surface area contributed by atoms with Crippen LogP contribution < -0.4 is 5.32 Å². The summed E-state index contributed by atoms with van der Waals surface area (Å²) in [5.74, 6) is 1.30. The lowest BCUT2D eigenvalue weighted by molar-refractivity contribution is 0.0919. The van der Waals surface area contributed by atoms with Crippen LogP contribution in [0.3, 0.4) is 0 Å². The van der Waals surface area contributed by atoms with Gasteiger partial charge in [0.2, 0.25) is 0 Å². The molecule has 24 heavy (non-hydrogen) atoms. The van der Waals surface area contributed by atoms with E-state index in [1.165, 1.54) is 6.20 Å². The Labute approximate surface area is 141 Å². The number of hydrogen-bond donors (Lipinski definition) is 1. The van der Waals surface area contributed by atoms with Crippen molar-refractivity contribution in [3.63, 3.8) is 0 Å². The fraction of sp³-hybridized carbons (Fsp3) is 0.625. The molecular weight excluding hydrogens is 308 g/mol. The summed E-state index contributed by atoms with van der Waals surface area (Å²) in [6.07, 6.45) is 7.48. The molecule has 1 amide bonds. The van der Waals surface area contributed by atoms with Crippen LogP contribution in [-0.2, 0) is 6.54 Å². The predicted molar refractivity (Wildman–Crippen MR) is 87.2 cm³/mol. The van der Waals surface area contributed by atoms with Gasteiger partial charge in [-0.1, -0.05) is 5.16 Å². The SMILES string of the molecule is CC(C)n1ccnc1CN1CCCC(CNC(=O)c2cnon2)C1. The molecule has 0 saturated carbocycles. The quantitative estimate of drug-likeness (QED) is 0.862. The smallest absolute Gasteiger partial charge is 0.275 e. The largest absolute Gasteiger partial charge is 0.350 e. The average Bonchev–Trinajstić information content (AvgIpc) is 3.24. The fourth-order valence-electron chi connectivity index (χ4n) is 3.19. The van der Waals surface area contributed by atoms with E-state index >= 15 is 0 Å². The van der Waals surface area contributed by atoms with Crippen LogP contribution >= 0.6 is 0 Å². The van der Waals surface area contributed by atoms with Crippen molar-refractivity contribution in [1.29, 1.82) is 0 Å². The maximum atomic E-state index is 11.9. The first kappa shape index (κ1) is 16.6. The monoisotopic (exact) mass is 332 g/mol. The van der Waals surface area contributed by atoms with Crippen molar-refractivity contribution >= 4 is 5.91 Å². The first-order valence-corrected chi connectivity index (χ1v) is 8.43. The summed E-state index contributed by atoms with van der Waals surface area (Å²) in [4.78, 5) is 18.8. The molecule has 0 spiro atoms. The van der Waals surface area contributed by atoms with E-state index in [4.69, 9.17) is 0 Å². The van der Waals surface area contributed by atoms with Crippen molar-refractivity contribution in [3.05, 3.63) is 30.1 Å². The summed E-state index contributed by atoms with van der Waals surface area (Å²) in [5.41, 5.74) is 0.224. The molecule has 1 fully saturated rings. The molecule has 1 aliphatic rings. The maximum Gasteiger partial charge on any atom is 0.275 e. The van der Waals surface area contributed by atoms with E-state index in [0.29, 0.717) is 18.5 Å². The highest BCUT2D eigenvalue weighted by atomic mass is 16.6. The molecule has 0 bridgehead atoms. The molecule has 1 N–H and O–H groups in total. The van der Waals surface area contributed by atoms with Crippen molar-refractivity contribution in [2.45, 2.75) is 39.3 Å². The van der Waals surface area contributed by atoms with E-state index in [1.807, 2.05) is 12.4 Å². The summed E-state index contributed by atoms with van der Waals surface area (Å²) < 4.78 is 6.67. The summed E-state index contributed by atoms with van der Waals surface area (Å²) >= 11 is 0. The van der Waals surface area contributed by atoms with Crippen LogP contribution in [0, 0.1) is 5.92 Å². The third-order valence-electron chi connectivity index (χ3n) is 4.42. The number of amides is 1. The van der Waals surface area contributed by atoms with Gasteiger partial charge in [0.15, 0.2) is 5.69 Å². The number of likely N-dealkylation sites (tertiary alicyclic amines) is 1. The van der Waals surface area contributed by atoms with Gasteiger partial charge in [-0.05, 0) is 44.3 Å². The van der Waals surface area contributed by atoms with E-state index in [0.717, 1.165) is 38.3 Å². The molecule has 1 saturated heterocycles. The van der Waals surface area contributed by atoms with Gasteiger partial charge in [0.05, 0.1) is 6.54 Å². The van der Waals surface area contributed by atoms with E-state index in [2.05, 4.69) is 48.6 Å². The van der Waals surface area contributed by atoms with Crippen LogP contribution in [0.25, 0.3) is 0 Å². The summed E-state index contributed by atoms with van der Waals surface area (Å²) in [5, 5.41) is 9.92. The molecule has 8 heteroatoms. The maximum absolute atomic E-state index is 11.9. The molecule has 130 valence electrons. The first-order valence-electron chi connectivity index (χ1n) is 8.43. The molecule has 1 unspecified atom stereocenters. The zero-order valence-corrected chi connectivity index (χ0v) is 14.2. The van der Waals surface area contributed by atoms with Gasteiger partial charge >= 0.3 is 0 Å². The first-order chi connectivity index (χ1) is 11.6. The number of carbonyl (C=O) groups is 1. The van der Waals surface area contributed by atoms with E-state index in [-0.39, 0.29) is 11.6 Å². The zero-order valence-electron chi connectivity index (χ0n) is 14.2. The van der Waals surface area contributed by atoms with Gasteiger partial charge in [0.25, 0.3) is 5.91 Å². The second-order valence-corrected chi connectivity index (χ2v) is 6.59. The molecule has 1 aliphatic heterocycles. The molecule has 3 rings (SSSR count). The molecule has 2 aromatic rings. The van der Waals surface area contributed by atoms with E-state index in [1.54, 1.807) is 0 Å². The van der Waals surface area contributed by atoms with Crippen LogP contribution in [0.1, 0.15) is 49.0 Å². The standard InChI is InChI=1S/C16H24N6O2/c1-12(2)22-7-5-17-15(22)11-21-6-3-4-13(10-21)8-18-16(23)14-9-19-24-20-14/h5,7,9,12-13H,3-4,6,8,10-11H2,1-2H3,(H,18,23). The normalized spacial score (nSPS) is 18.9. The fourth-order valence-corrected chi connectivity index (χ4v) is 3.19. The number of rotatable bonds is 6. The lowest BCUT2D eigenvalue weighted by Crippen LogP contribution is -2.41. The molecule has 0 radical (unpaired) electrons. The highest BCUT2D eigenvalue weighted by molar-refractivity contribution is 5.91. The average molecular weight is 332 g/mol. The summed E-state index contributed by atoms with van der Waals surface area (Å²) in [6.45, 7) is 7.85. The van der Waals surface area contributed by atoms with Crippen molar-refractivity contribution in [2.75, 3.05) is 19.6 Å². The summed E-state index contributed by atoms with van der Waals surface area (Å²) in [7, 11) is 0. The predicted octanol–water partition coefficient (Wildman–Crippen LogP) is 1.49. The minimum atomic E-state index is -0.233. The van der Waals surface area contributed by atoms with E-state index in [9.17, 15) is 4.79 Å². The van der Waals surface area contributed by atoms with Crippen molar-refractivity contribution < 1.29 is 9.42 Å². The van der Waals surface area contributed by atoms with Gasteiger partial charge < -0.3 is 9.88 Å².